The second-order valence-electron chi connectivity index (χ2n) is 7.04. The third-order valence-electron chi connectivity index (χ3n) is 4.79. The average molecular weight is 434 g/mol. The summed E-state index contributed by atoms with van der Waals surface area (Å²) in [5, 5.41) is 5.83. The molecular formula is C19H20F2N6O2S. The molecule has 0 aliphatic heterocycles. The van der Waals surface area contributed by atoms with Gasteiger partial charge in [0.05, 0.1) is 26.0 Å². The van der Waals surface area contributed by atoms with E-state index in [4.69, 9.17) is 0 Å². The minimum atomic E-state index is -2.81. The molecule has 0 unspecified atom stereocenters. The molecule has 0 radical (unpaired) electrons. The molecule has 30 heavy (non-hydrogen) atoms. The van der Waals surface area contributed by atoms with Crippen molar-refractivity contribution in [1.82, 2.24) is 15.0 Å². The largest absolute Gasteiger partial charge is 0.353 e. The lowest BCUT2D eigenvalue weighted by Gasteiger charge is -2.14. The van der Waals surface area contributed by atoms with Crippen molar-refractivity contribution in [3.8, 4) is 0 Å². The first-order chi connectivity index (χ1) is 14.3. The van der Waals surface area contributed by atoms with Crippen LogP contribution in [0.4, 0.5) is 26.0 Å². The van der Waals surface area contributed by atoms with Gasteiger partial charge in [-0.25, -0.2) is 27.3 Å². The van der Waals surface area contributed by atoms with Gasteiger partial charge in [-0.15, -0.1) is 0 Å². The van der Waals surface area contributed by atoms with Crippen LogP contribution in [-0.4, -0.2) is 38.4 Å². The highest BCUT2D eigenvalue weighted by atomic mass is 32.2. The molecule has 0 spiro atoms. The lowest BCUT2D eigenvalue weighted by atomic mass is 10.2. The van der Waals surface area contributed by atoms with Crippen LogP contribution in [0, 0.1) is 5.92 Å². The Bertz CT molecular complexity index is 1250. The fourth-order valence-corrected chi connectivity index (χ4v) is 4.04. The minimum absolute atomic E-state index is 0.0473. The summed E-state index contributed by atoms with van der Waals surface area (Å²) in [6.45, 7) is 0. The molecule has 8 nitrogen and oxygen atoms in total. The number of carbonyl (C=O) groups excluding carboxylic acids is 1. The monoisotopic (exact) mass is 434 g/mol. The fraction of sp³-hybridized carbons (Fsp3) is 0.316. The summed E-state index contributed by atoms with van der Waals surface area (Å²) in [5.41, 5.74) is 1.12. The number of hydrogen-bond acceptors (Lipinski definition) is 6. The third-order valence-corrected chi connectivity index (χ3v) is 6.66. The van der Waals surface area contributed by atoms with Crippen LogP contribution < -0.4 is 10.6 Å². The molecule has 4 rings (SSSR count). The maximum Gasteiger partial charge on any atom is 0.295 e. The van der Waals surface area contributed by atoms with Crippen LogP contribution in [0.5, 0.6) is 0 Å². The summed E-state index contributed by atoms with van der Waals surface area (Å²) in [7, 11) is -1.19. The van der Waals surface area contributed by atoms with Gasteiger partial charge < -0.3 is 15.6 Å². The molecule has 0 bridgehead atoms. The van der Waals surface area contributed by atoms with Crippen LogP contribution in [0.1, 0.15) is 25.1 Å². The standard InChI is InChI=1S/C19H20F2N6O2S/c1-22-30(2,29)13-6-4-3-5-11(13)23-12-9-14(25-19(28)10-7-8-10)24-17-15(12)26-18(27-17)16(20)21/h3-6,9-10,16H,7-8H2,1-2H3,(H3,23,24,25,26,27,28)/t30-/m0/s1. The summed E-state index contributed by atoms with van der Waals surface area (Å²) >= 11 is 0. The van der Waals surface area contributed by atoms with E-state index >= 15 is 0 Å². The number of amides is 1. The van der Waals surface area contributed by atoms with Crippen molar-refractivity contribution < 1.29 is 17.8 Å². The van der Waals surface area contributed by atoms with Crippen molar-refractivity contribution in [3.63, 3.8) is 0 Å². The number of pyridine rings is 1. The Balaban J connectivity index is 1.81. The van der Waals surface area contributed by atoms with E-state index in [9.17, 15) is 17.8 Å². The number of rotatable bonds is 6. The van der Waals surface area contributed by atoms with Crippen molar-refractivity contribution in [2.24, 2.45) is 10.3 Å². The van der Waals surface area contributed by atoms with Gasteiger partial charge in [-0.1, -0.05) is 12.1 Å². The maximum atomic E-state index is 13.2. The molecule has 1 atom stereocenters. The number of alkyl halides is 2. The number of aromatic nitrogens is 3. The van der Waals surface area contributed by atoms with E-state index in [0.717, 1.165) is 12.8 Å². The van der Waals surface area contributed by atoms with Crippen LogP contribution in [-0.2, 0) is 14.5 Å². The first-order valence-corrected chi connectivity index (χ1v) is 11.2. The highest BCUT2D eigenvalue weighted by Gasteiger charge is 2.30. The van der Waals surface area contributed by atoms with Gasteiger partial charge in [-0.05, 0) is 25.0 Å². The number of carbonyl (C=O) groups is 1. The van der Waals surface area contributed by atoms with Crippen LogP contribution in [0.25, 0.3) is 11.2 Å². The van der Waals surface area contributed by atoms with Crippen LogP contribution >= 0.6 is 0 Å². The predicted octanol–water partition coefficient (Wildman–Crippen LogP) is 4.07. The Morgan fingerprint density at radius 2 is 2.00 bits per heavy atom. The van der Waals surface area contributed by atoms with Gasteiger partial charge in [0.25, 0.3) is 6.43 Å². The van der Waals surface area contributed by atoms with Crippen LogP contribution in [0.2, 0.25) is 0 Å². The number of aromatic amines is 1. The molecule has 3 N–H and O–H groups in total. The van der Waals surface area contributed by atoms with Crippen molar-refractivity contribution in [2.75, 3.05) is 23.9 Å². The molecule has 1 aromatic carbocycles. The first-order valence-electron chi connectivity index (χ1n) is 9.24. The van der Waals surface area contributed by atoms with Crippen molar-refractivity contribution in [3.05, 3.63) is 36.2 Å². The average Bonchev–Trinajstić information content (AvgIpc) is 3.47. The number of H-pyrrole nitrogens is 1. The Labute approximate surface area is 171 Å². The van der Waals surface area contributed by atoms with Crippen molar-refractivity contribution >= 4 is 44.0 Å². The number of fused-ring (bicyclic) bond motifs is 1. The summed E-state index contributed by atoms with van der Waals surface area (Å²) in [6.07, 6.45) is 0.340. The Morgan fingerprint density at radius 1 is 1.27 bits per heavy atom. The van der Waals surface area contributed by atoms with Crippen LogP contribution in [0.15, 0.2) is 39.6 Å². The van der Waals surface area contributed by atoms with Gasteiger partial charge in [0.15, 0.2) is 11.5 Å². The van der Waals surface area contributed by atoms with E-state index in [2.05, 4.69) is 29.9 Å². The molecule has 2 aromatic heterocycles. The number of imidazole rings is 1. The zero-order chi connectivity index (χ0) is 21.5. The van der Waals surface area contributed by atoms with E-state index in [-0.39, 0.29) is 28.8 Å². The number of halogens is 2. The number of hydrogen-bond donors (Lipinski definition) is 3. The van der Waals surface area contributed by atoms with Gasteiger partial charge in [0.2, 0.25) is 5.91 Å². The first kappa shape index (κ1) is 20.2. The highest BCUT2D eigenvalue weighted by Crippen LogP contribution is 2.33. The molecule has 1 fully saturated rings. The number of benzene rings is 1. The topological polar surface area (TPSA) is 112 Å². The Kier molecular flexibility index (Phi) is 5.14. The van der Waals surface area contributed by atoms with E-state index in [0.29, 0.717) is 16.3 Å². The molecule has 11 heteroatoms. The van der Waals surface area contributed by atoms with Crippen molar-refractivity contribution in [2.45, 2.75) is 24.2 Å². The molecule has 0 saturated heterocycles. The Morgan fingerprint density at radius 3 is 2.67 bits per heavy atom. The maximum absolute atomic E-state index is 13.2. The smallest absolute Gasteiger partial charge is 0.295 e. The fourth-order valence-electron chi connectivity index (χ4n) is 2.99. The van der Waals surface area contributed by atoms with E-state index in [1.807, 2.05) is 0 Å². The molecule has 3 aromatic rings. The molecule has 158 valence electrons. The predicted molar refractivity (Wildman–Crippen MR) is 111 cm³/mol. The third kappa shape index (κ3) is 3.97. The number of nitrogens with one attached hydrogen (secondary N) is 3. The van der Waals surface area contributed by atoms with Gasteiger partial charge in [0, 0.05) is 25.3 Å². The molecule has 2 heterocycles. The van der Waals surface area contributed by atoms with E-state index < -0.39 is 22.0 Å². The van der Waals surface area contributed by atoms with Gasteiger partial charge >= 0.3 is 0 Å². The lowest BCUT2D eigenvalue weighted by molar-refractivity contribution is -0.117. The summed E-state index contributed by atoms with van der Waals surface area (Å²) < 4.78 is 43.2. The normalized spacial score (nSPS) is 15.8. The lowest BCUT2D eigenvalue weighted by Crippen LogP contribution is -2.14. The summed E-state index contributed by atoms with van der Waals surface area (Å²) in [4.78, 5) is 23.3. The minimum Gasteiger partial charge on any atom is -0.353 e. The number of para-hydroxylation sites is 1. The quantitative estimate of drug-likeness (QED) is 0.541. The van der Waals surface area contributed by atoms with Gasteiger partial charge in [0.1, 0.15) is 11.3 Å². The molecular weight excluding hydrogens is 414 g/mol. The number of nitrogens with zero attached hydrogens (tertiary/aromatic N) is 3. The molecule has 1 saturated carbocycles. The van der Waals surface area contributed by atoms with E-state index in [1.54, 1.807) is 24.3 Å². The Hall–Kier alpha value is -3.08. The second kappa shape index (κ2) is 7.63. The zero-order valence-corrected chi connectivity index (χ0v) is 17.1. The van der Waals surface area contributed by atoms with Crippen molar-refractivity contribution in [1.29, 1.82) is 0 Å². The van der Waals surface area contributed by atoms with Crippen LogP contribution in [0.3, 0.4) is 0 Å². The second-order valence-corrected chi connectivity index (χ2v) is 9.45. The molecule has 1 aliphatic carbocycles. The van der Waals surface area contributed by atoms with E-state index in [1.165, 1.54) is 19.4 Å². The molecule has 1 aliphatic rings. The number of anilines is 3. The van der Waals surface area contributed by atoms with Gasteiger partial charge in [-0.3, -0.25) is 4.79 Å². The summed E-state index contributed by atoms with van der Waals surface area (Å²) in [6, 6.07) is 8.40. The molecule has 1 amide bonds. The SMILES string of the molecule is CN=[S@@](C)(=O)c1ccccc1Nc1cc(NC(=O)C2CC2)nc2[nH]c(C(F)F)nc12. The highest BCUT2D eigenvalue weighted by molar-refractivity contribution is 7.93. The zero-order valence-electron chi connectivity index (χ0n) is 16.3. The van der Waals surface area contributed by atoms with Gasteiger partial charge in [-0.2, -0.15) is 0 Å². The summed E-state index contributed by atoms with van der Waals surface area (Å²) in [5.74, 6) is -0.527.